The highest BCUT2D eigenvalue weighted by atomic mass is 35.5. The van der Waals surface area contributed by atoms with Gasteiger partial charge in [-0.2, -0.15) is 0 Å². The van der Waals surface area contributed by atoms with E-state index < -0.39 is 0 Å². The molecule has 1 aromatic carbocycles. The fraction of sp³-hybridized carbons (Fsp3) is 0.538. The molecule has 0 unspecified atom stereocenters. The van der Waals surface area contributed by atoms with Gasteiger partial charge in [0.15, 0.2) is 0 Å². The van der Waals surface area contributed by atoms with Gasteiger partial charge in [-0.25, -0.2) is 4.39 Å². The van der Waals surface area contributed by atoms with Crippen LogP contribution in [0.5, 0.6) is 0 Å². The largest absolute Gasteiger partial charge is 0.324 e. The first-order valence-electron chi connectivity index (χ1n) is 5.78. The number of hydrogen-bond acceptors (Lipinski definition) is 1. The summed E-state index contributed by atoms with van der Waals surface area (Å²) < 4.78 is 13.9. The lowest BCUT2D eigenvalue weighted by molar-refractivity contribution is 0.535. The third kappa shape index (κ3) is 3.19. The molecule has 0 aliphatic carbocycles. The maximum Gasteiger partial charge on any atom is 0.132 e. The molecule has 0 fully saturated rings. The number of rotatable bonds is 5. The van der Waals surface area contributed by atoms with Crippen molar-refractivity contribution in [2.24, 2.45) is 5.73 Å². The molecule has 0 spiro atoms. The van der Waals surface area contributed by atoms with E-state index in [0.717, 1.165) is 25.7 Å². The smallest absolute Gasteiger partial charge is 0.132 e. The number of unbranched alkanes of at least 4 members (excludes halogenated alkanes) is 2. The van der Waals surface area contributed by atoms with Gasteiger partial charge in [-0.3, -0.25) is 0 Å². The lowest BCUT2D eigenvalue weighted by Gasteiger charge is -2.15. The molecule has 3 heteroatoms. The standard InChI is InChI=1S/C13H19ClFN/c1-3-4-5-6-11(16)12-10(14)8-7-9(2)13(12)15/h7-8,11H,3-6,16H2,1-2H3/t11-/m0/s1. The number of aryl methyl sites for hydroxylation is 1. The molecule has 0 aromatic heterocycles. The summed E-state index contributed by atoms with van der Waals surface area (Å²) in [6.07, 6.45) is 4.06. The van der Waals surface area contributed by atoms with Crippen LogP contribution in [0.25, 0.3) is 0 Å². The summed E-state index contributed by atoms with van der Waals surface area (Å²) in [5.74, 6) is -0.253. The van der Waals surface area contributed by atoms with Gasteiger partial charge in [0, 0.05) is 16.6 Å². The zero-order valence-electron chi connectivity index (χ0n) is 9.89. The van der Waals surface area contributed by atoms with Crippen molar-refractivity contribution in [2.75, 3.05) is 0 Å². The Morgan fingerprint density at radius 1 is 1.38 bits per heavy atom. The highest BCUT2D eigenvalue weighted by molar-refractivity contribution is 6.31. The fourth-order valence-corrected chi connectivity index (χ4v) is 2.06. The van der Waals surface area contributed by atoms with Gasteiger partial charge < -0.3 is 5.73 Å². The van der Waals surface area contributed by atoms with Crippen LogP contribution in [0.3, 0.4) is 0 Å². The second kappa shape index (κ2) is 6.21. The Labute approximate surface area is 102 Å². The second-order valence-corrected chi connectivity index (χ2v) is 4.60. The Kier molecular flexibility index (Phi) is 5.23. The van der Waals surface area contributed by atoms with Gasteiger partial charge in [0.1, 0.15) is 5.82 Å². The van der Waals surface area contributed by atoms with Crippen molar-refractivity contribution in [1.82, 2.24) is 0 Å². The molecule has 1 nitrogen and oxygen atoms in total. The van der Waals surface area contributed by atoms with E-state index in [2.05, 4.69) is 6.92 Å². The van der Waals surface area contributed by atoms with Gasteiger partial charge in [0.2, 0.25) is 0 Å². The maximum atomic E-state index is 13.9. The summed E-state index contributed by atoms with van der Waals surface area (Å²) in [6, 6.07) is 3.11. The van der Waals surface area contributed by atoms with Crippen molar-refractivity contribution in [1.29, 1.82) is 0 Å². The molecule has 0 radical (unpaired) electrons. The van der Waals surface area contributed by atoms with Crippen LogP contribution in [0.4, 0.5) is 4.39 Å². The van der Waals surface area contributed by atoms with Crippen LogP contribution in [-0.4, -0.2) is 0 Å². The van der Waals surface area contributed by atoms with Crippen molar-refractivity contribution in [2.45, 2.75) is 45.6 Å². The van der Waals surface area contributed by atoms with E-state index in [9.17, 15) is 4.39 Å². The van der Waals surface area contributed by atoms with E-state index in [1.807, 2.05) is 0 Å². The molecule has 0 amide bonds. The van der Waals surface area contributed by atoms with Crippen molar-refractivity contribution in [3.63, 3.8) is 0 Å². The molecule has 0 aliphatic heterocycles. The highest BCUT2D eigenvalue weighted by Gasteiger charge is 2.16. The van der Waals surface area contributed by atoms with Crippen LogP contribution in [0.1, 0.15) is 49.8 Å². The van der Waals surface area contributed by atoms with Crippen LogP contribution in [0.2, 0.25) is 5.02 Å². The third-order valence-electron chi connectivity index (χ3n) is 2.81. The lowest BCUT2D eigenvalue weighted by atomic mass is 9.99. The molecule has 0 saturated carbocycles. The van der Waals surface area contributed by atoms with Gasteiger partial charge in [-0.05, 0) is 25.0 Å². The minimum absolute atomic E-state index is 0.253. The van der Waals surface area contributed by atoms with Gasteiger partial charge in [-0.1, -0.05) is 43.9 Å². The molecule has 16 heavy (non-hydrogen) atoms. The summed E-state index contributed by atoms with van der Waals surface area (Å²) in [5.41, 5.74) is 7.05. The minimum atomic E-state index is -0.293. The summed E-state index contributed by atoms with van der Waals surface area (Å²) in [4.78, 5) is 0. The second-order valence-electron chi connectivity index (χ2n) is 4.19. The van der Waals surface area contributed by atoms with E-state index in [4.69, 9.17) is 17.3 Å². The molecular formula is C13H19ClFN. The van der Waals surface area contributed by atoms with E-state index >= 15 is 0 Å². The third-order valence-corrected chi connectivity index (χ3v) is 3.14. The monoisotopic (exact) mass is 243 g/mol. The van der Waals surface area contributed by atoms with E-state index in [1.54, 1.807) is 19.1 Å². The maximum absolute atomic E-state index is 13.9. The average molecular weight is 244 g/mol. The number of halogens is 2. The molecule has 90 valence electrons. The van der Waals surface area contributed by atoms with Crippen LogP contribution in [0.15, 0.2) is 12.1 Å². The average Bonchev–Trinajstić information content (AvgIpc) is 2.24. The first-order valence-corrected chi connectivity index (χ1v) is 6.15. The fourth-order valence-electron chi connectivity index (χ4n) is 1.78. The van der Waals surface area contributed by atoms with Crippen LogP contribution >= 0.6 is 11.6 Å². The predicted octanol–water partition coefficient (Wildman–Crippen LogP) is 4.37. The minimum Gasteiger partial charge on any atom is -0.324 e. The molecule has 1 rings (SSSR count). The summed E-state index contributed by atoms with van der Waals surface area (Å²) in [5, 5.41) is 0.437. The number of nitrogens with two attached hydrogens (primary N) is 1. The SMILES string of the molecule is CCCCC[C@H](N)c1c(Cl)ccc(C)c1F. The van der Waals surface area contributed by atoms with Crippen molar-refractivity contribution in [3.8, 4) is 0 Å². The summed E-state index contributed by atoms with van der Waals surface area (Å²) in [6.45, 7) is 3.86. The molecule has 2 N–H and O–H groups in total. The number of hydrogen-bond donors (Lipinski definition) is 1. The van der Waals surface area contributed by atoms with Crippen molar-refractivity contribution < 1.29 is 4.39 Å². The quantitative estimate of drug-likeness (QED) is 0.764. The van der Waals surface area contributed by atoms with E-state index in [1.165, 1.54) is 0 Å². The molecule has 0 bridgehead atoms. The van der Waals surface area contributed by atoms with Crippen LogP contribution in [-0.2, 0) is 0 Å². The first kappa shape index (κ1) is 13.5. The van der Waals surface area contributed by atoms with Gasteiger partial charge >= 0.3 is 0 Å². The summed E-state index contributed by atoms with van der Waals surface area (Å²) in [7, 11) is 0. The van der Waals surface area contributed by atoms with Crippen molar-refractivity contribution >= 4 is 11.6 Å². The normalized spacial score (nSPS) is 12.8. The number of benzene rings is 1. The Bertz CT molecular complexity index is 352. The molecular weight excluding hydrogens is 225 g/mol. The summed E-state index contributed by atoms with van der Waals surface area (Å²) >= 11 is 5.99. The van der Waals surface area contributed by atoms with Crippen LogP contribution < -0.4 is 5.73 Å². The Hall–Kier alpha value is -0.600. The van der Waals surface area contributed by atoms with Gasteiger partial charge in [-0.15, -0.1) is 0 Å². The van der Waals surface area contributed by atoms with Gasteiger partial charge in [0.05, 0.1) is 0 Å². The van der Waals surface area contributed by atoms with E-state index in [-0.39, 0.29) is 11.9 Å². The Morgan fingerprint density at radius 3 is 2.69 bits per heavy atom. The first-order chi connectivity index (χ1) is 7.57. The highest BCUT2D eigenvalue weighted by Crippen LogP contribution is 2.29. The molecule has 0 heterocycles. The molecule has 1 aromatic rings. The Morgan fingerprint density at radius 2 is 2.06 bits per heavy atom. The van der Waals surface area contributed by atoms with Gasteiger partial charge in [0.25, 0.3) is 0 Å². The zero-order valence-corrected chi connectivity index (χ0v) is 10.6. The lowest BCUT2D eigenvalue weighted by Crippen LogP contribution is -2.13. The molecule has 0 saturated heterocycles. The van der Waals surface area contributed by atoms with Crippen LogP contribution in [0, 0.1) is 12.7 Å². The van der Waals surface area contributed by atoms with E-state index in [0.29, 0.717) is 16.1 Å². The molecule has 0 aliphatic rings. The Balaban J connectivity index is 2.81. The van der Waals surface area contributed by atoms with Crippen molar-refractivity contribution in [3.05, 3.63) is 34.1 Å². The molecule has 1 atom stereocenters. The zero-order chi connectivity index (χ0) is 12.1. The topological polar surface area (TPSA) is 26.0 Å². The predicted molar refractivity (Wildman–Crippen MR) is 67.2 cm³/mol.